The monoisotopic (exact) mass is 635 g/mol. The minimum absolute atomic E-state index is 0.516. The van der Waals surface area contributed by atoms with E-state index in [1.54, 1.807) is 6.07 Å². The van der Waals surface area contributed by atoms with Crippen molar-refractivity contribution in [3.63, 3.8) is 0 Å². The summed E-state index contributed by atoms with van der Waals surface area (Å²) in [5.41, 5.74) is 11.2. The van der Waals surface area contributed by atoms with Gasteiger partial charge in [-0.25, -0.2) is 0 Å². The quantitative estimate of drug-likeness (QED) is 0.193. The van der Waals surface area contributed by atoms with Crippen LogP contribution in [0.2, 0.25) is 0 Å². The maximum absolute atomic E-state index is 10.5. The zero-order chi connectivity index (χ0) is 33.8. The average molecular weight is 636 g/mol. The van der Waals surface area contributed by atoms with Crippen LogP contribution in [-0.4, -0.2) is 9.13 Å². The van der Waals surface area contributed by atoms with E-state index in [0.29, 0.717) is 16.7 Å². The molecule has 0 unspecified atom stereocenters. The van der Waals surface area contributed by atoms with Gasteiger partial charge in [-0.3, -0.25) is 0 Å². The third-order valence-corrected chi connectivity index (χ3v) is 9.64. The lowest BCUT2D eigenvalue weighted by Gasteiger charge is -2.16. The standard InChI is InChI=1S/C45H25N5/c46-26-29-14-22-44-40(23-29)38-9-3-6-12-43(38)50(44)45-24-30(27-47)13-20-39(45)35-21-17-32(25-33(35)28-48)31-15-18-34(19-16-31)49-41-10-4-1-7-36(41)37-8-2-5-11-42(37)49/h1-25H. The normalized spacial score (nSPS) is 11.1. The smallest absolute Gasteiger partial charge is 0.0998 e. The van der Waals surface area contributed by atoms with Crippen molar-refractivity contribution in [1.29, 1.82) is 15.8 Å². The Hall–Kier alpha value is -7.39. The van der Waals surface area contributed by atoms with Crippen LogP contribution < -0.4 is 0 Å². The summed E-state index contributed by atoms with van der Waals surface area (Å²) >= 11 is 0. The van der Waals surface area contributed by atoms with Crippen molar-refractivity contribution in [2.24, 2.45) is 0 Å². The Bertz CT molecular complexity index is 2900. The SMILES string of the molecule is N#Cc1ccc(-c2ccc(-c3ccc(-n4c5ccccc5c5ccccc54)cc3)cc2C#N)c(-n2c3ccccc3c3cc(C#N)ccc32)c1. The number of para-hydroxylation sites is 3. The van der Waals surface area contributed by atoms with E-state index in [4.69, 9.17) is 0 Å². The molecule has 2 heterocycles. The molecule has 0 saturated carbocycles. The second-order valence-electron chi connectivity index (χ2n) is 12.3. The lowest BCUT2D eigenvalue weighted by molar-refractivity contribution is 1.18. The number of hydrogen-bond acceptors (Lipinski definition) is 3. The maximum atomic E-state index is 10.5. The highest BCUT2D eigenvalue weighted by molar-refractivity contribution is 6.11. The van der Waals surface area contributed by atoms with Gasteiger partial charge in [0.15, 0.2) is 0 Å². The van der Waals surface area contributed by atoms with Crippen molar-refractivity contribution in [2.45, 2.75) is 0 Å². The molecule has 2 aromatic heterocycles. The first-order valence-electron chi connectivity index (χ1n) is 16.3. The van der Waals surface area contributed by atoms with E-state index < -0.39 is 0 Å². The second kappa shape index (κ2) is 11.4. The van der Waals surface area contributed by atoms with Gasteiger partial charge < -0.3 is 9.13 Å². The van der Waals surface area contributed by atoms with Gasteiger partial charge in [-0.2, -0.15) is 15.8 Å². The summed E-state index contributed by atoms with van der Waals surface area (Å²) in [5, 5.41) is 34.4. The molecule has 0 aliphatic carbocycles. The van der Waals surface area contributed by atoms with Crippen molar-refractivity contribution in [1.82, 2.24) is 9.13 Å². The molecule has 0 aliphatic heterocycles. The summed E-state index contributed by atoms with van der Waals surface area (Å²) in [6, 6.07) is 57.7. The Morgan fingerprint density at radius 2 is 0.900 bits per heavy atom. The molecule has 0 saturated heterocycles. The van der Waals surface area contributed by atoms with Crippen LogP contribution in [0.25, 0.3) is 77.2 Å². The van der Waals surface area contributed by atoms with Crippen molar-refractivity contribution in [3.8, 4) is 51.8 Å². The van der Waals surface area contributed by atoms with Crippen LogP contribution >= 0.6 is 0 Å². The summed E-state index contributed by atoms with van der Waals surface area (Å²) in [4.78, 5) is 0. The fourth-order valence-corrected chi connectivity index (χ4v) is 7.37. The molecule has 9 rings (SSSR count). The number of nitriles is 3. The van der Waals surface area contributed by atoms with E-state index in [9.17, 15) is 15.8 Å². The first-order chi connectivity index (χ1) is 24.7. The Labute approximate surface area is 287 Å². The van der Waals surface area contributed by atoms with Crippen molar-refractivity contribution in [2.75, 3.05) is 0 Å². The highest BCUT2D eigenvalue weighted by Gasteiger charge is 2.19. The van der Waals surface area contributed by atoms with Gasteiger partial charge in [0, 0.05) is 38.4 Å². The van der Waals surface area contributed by atoms with Gasteiger partial charge in [0.1, 0.15) is 0 Å². The molecule has 7 aromatic carbocycles. The third kappa shape index (κ3) is 4.38. The lowest BCUT2D eigenvalue weighted by Crippen LogP contribution is -1.99. The van der Waals surface area contributed by atoms with Gasteiger partial charge in [-0.05, 0) is 77.9 Å². The topological polar surface area (TPSA) is 81.2 Å². The highest BCUT2D eigenvalue weighted by Crippen LogP contribution is 2.39. The molecule has 5 nitrogen and oxygen atoms in total. The van der Waals surface area contributed by atoms with Crippen molar-refractivity contribution < 1.29 is 0 Å². The number of rotatable bonds is 4. The zero-order valence-electron chi connectivity index (χ0n) is 26.7. The second-order valence-corrected chi connectivity index (χ2v) is 12.3. The molecule has 0 radical (unpaired) electrons. The number of nitrogens with zero attached hydrogens (tertiary/aromatic N) is 5. The fourth-order valence-electron chi connectivity index (χ4n) is 7.37. The maximum Gasteiger partial charge on any atom is 0.0998 e. The first kappa shape index (κ1) is 28.8. The summed E-state index contributed by atoms with van der Waals surface area (Å²) < 4.78 is 4.42. The molecule has 0 aliphatic rings. The highest BCUT2D eigenvalue weighted by atomic mass is 15.0. The van der Waals surface area contributed by atoms with Crippen LogP contribution in [0, 0.1) is 34.0 Å². The number of fused-ring (bicyclic) bond motifs is 6. The van der Waals surface area contributed by atoms with Gasteiger partial charge in [-0.1, -0.05) is 84.9 Å². The Morgan fingerprint density at radius 3 is 1.54 bits per heavy atom. The number of aromatic nitrogens is 2. The summed E-state index contributed by atoms with van der Waals surface area (Å²) in [5.74, 6) is 0. The summed E-state index contributed by atoms with van der Waals surface area (Å²) in [7, 11) is 0. The minimum Gasteiger partial charge on any atom is -0.309 e. The number of hydrogen-bond donors (Lipinski definition) is 0. The predicted octanol–water partition coefficient (Wildman–Crippen LogP) is 10.8. The third-order valence-electron chi connectivity index (χ3n) is 9.64. The fraction of sp³-hybridized carbons (Fsp3) is 0. The molecule has 50 heavy (non-hydrogen) atoms. The van der Waals surface area contributed by atoms with E-state index in [0.717, 1.165) is 66.5 Å². The summed E-state index contributed by atoms with van der Waals surface area (Å²) in [6.45, 7) is 0. The Kier molecular flexibility index (Phi) is 6.56. The molecular formula is C45H25N5. The first-order valence-corrected chi connectivity index (χ1v) is 16.3. The van der Waals surface area contributed by atoms with E-state index in [1.807, 2.05) is 66.7 Å². The molecular weight excluding hydrogens is 611 g/mol. The Balaban J connectivity index is 1.17. The molecule has 5 heteroatoms. The molecule has 0 amide bonds. The molecule has 9 aromatic rings. The van der Waals surface area contributed by atoms with Crippen molar-refractivity contribution >= 4 is 43.6 Å². The molecule has 0 fully saturated rings. The molecule has 0 N–H and O–H groups in total. The minimum atomic E-state index is 0.516. The van der Waals surface area contributed by atoms with E-state index in [-0.39, 0.29) is 0 Å². The van der Waals surface area contributed by atoms with Gasteiger partial charge in [0.25, 0.3) is 0 Å². The molecule has 0 spiro atoms. The number of benzene rings is 7. The van der Waals surface area contributed by atoms with Crippen LogP contribution in [0.4, 0.5) is 0 Å². The average Bonchev–Trinajstić information content (AvgIpc) is 3.70. The van der Waals surface area contributed by atoms with Crippen LogP contribution in [-0.2, 0) is 0 Å². The van der Waals surface area contributed by atoms with Crippen LogP contribution in [0.3, 0.4) is 0 Å². The predicted molar refractivity (Wildman–Crippen MR) is 200 cm³/mol. The van der Waals surface area contributed by atoms with E-state index in [1.165, 1.54) is 10.8 Å². The summed E-state index contributed by atoms with van der Waals surface area (Å²) in [6.07, 6.45) is 0. The molecule has 0 atom stereocenters. The van der Waals surface area contributed by atoms with Gasteiger partial charge in [0.05, 0.1) is 62.7 Å². The largest absolute Gasteiger partial charge is 0.309 e. The van der Waals surface area contributed by atoms with E-state index >= 15 is 0 Å². The molecule has 230 valence electrons. The lowest BCUT2D eigenvalue weighted by atomic mass is 9.93. The van der Waals surface area contributed by atoms with Crippen LogP contribution in [0.5, 0.6) is 0 Å². The van der Waals surface area contributed by atoms with Crippen molar-refractivity contribution in [3.05, 3.63) is 168 Å². The van der Waals surface area contributed by atoms with Gasteiger partial charge in [0.2, 0.25) is 0 Å². The molecule has 0 bridgehead atoms. The van der Waals surface area contributed by atoms with Gasteiger partial charge in [-0.15, -0.1) is 0 Å². The van der Waals surface area contributed by atoms with E-state index in [2.05, 4.69) is 106 Å². The van der Waals surface area contributed by atoms with Crippen LogP contribution in [0.1, 0.15) is 16.7 Å². The van der Waals surface area contributed by atoms with Crippen LogP contribution in [0.15, 0.2) is 152 Å². The van der Waals surface area contributed by atoms with Gasteiger partial charge >= 0.3 is 0 Å². The zero-order valence-corrected chi connectivity index (χ0v) is 26.7. The Morgan fingerprint density at radius 1 is 0.380 bits per heavy atom.